The topological polar surface area (TPSA) is 103 Å². The van der Waals surface area contributed by atoms with E-state index in [9.17, 15) is 0 Å². The van der Waals surface area contributed by atoms with Gasteiger partial charge in [-0.2, -0.15) is 20.2 Å². The number of aromatic nitrogens is 4. The van der Waals surface area contributed by atoms with Crippen molar-refractivity contribution in [3.8, 4) is 6.07 Å². The van der Waals surface area contributed by atoms with Crippen LogP contribution in [-0.4, -0.2) is 46.2 Å². The highest BCUT2D eigenvalue weighted by Crippen LogP contribution is 2.26. The molecule has 4 aromatic rings. The van der Waals surface area contributed by atoms with E-state index >= 15 is 0 Å². The van der Waals surface area contributed by atoms with Crippen LogP contribution in [0.5, 0.6) is 0 Å². The van der Waals surface area contributed by atoms with Crippen LogP contribution in [0.25, 0.3) is 10.9 Å². The summed E-state index contributed by atoms with van der Waals surface area (Å²) in [6.45, 7) is 7.00. The van der Waals surface area contributed by atoms with E-state index in [0.717, 1.165) is 29.9 Å². The van der Waals surface area contributed by atoms with E-state index in [2.05, 4.69) is 47.3 Å². The fourth-order valence-electron chi connectivity index (χ4n) is 3.99. The van der Waals surface area contributed by atoms with Gasteiger partial charge in [0.1, 0.15) is 5.82 Å². The van der Waals surface area contributed by atoms with Gasteiger partial charge in [-0.1, -0.05) is 12.1 Å². The van der Waals surface area contributed by atoms with Gasteiger partial charge in [-0.25, -0.2) is 0 Å². The molecule has 1 aliphatic rings. The highest BCUT2D eigenvalue weighted by atomic mass is 16.5. The van der Waals surface area contributed by atoms with Crippen molar-refractivity contribution in [1.29, 1.82) is 5.26 Å². The van der Waals surface area contributed by atoms with E-state index < -0.39 is 0 Å². The highest BCUT2D eigenvalue weighted by Gasteiger charge is 2.17. The Balaban J connectivity index is 1.47. The van der Waals surface area contributed by atoms with Gasteiger partial charge in [-0.05, 0) is 55.3 Å². The first kappa shape index (κ1) is 20.9. The average molecular weight is 440 g/mol. The van der Waals surface area contributed by atoms with E-state index in [0.29, 0.717) is 42.9 Å². The molecule has 0 unspecified atom stereocenters. The number of hydrogen-bond donors (Lipinski definition) is 2. The van der Waals surface area contributed by atoms with Crippen LogP contribution in [0, 0.1) is 25.2 Å². The molecule has 0 atom stereocenters. The van der Waals surface area contributed by atoms with Crippen LogP contribution in [0.3, 0.4) is 0 Å². The highest BCUT2D eigenvalue weighted by molar-refractivity contribution is 5.88. The maximum absolute atomic E-state index is 9.05. The lowest BCUT2D eigenvalue weighted by Gasteiger charge is -2.27. The van der Waals surface area contributed by atoms with E-state index in [1.165, 1.54) is 16.6 Å². The molecule has 33 heavy (non-hydrogen) atoms. The Bertz CT molecular complexity index is 1330. The summed E-state index contributed by atoms with van der Waals surface area (Å²) in [6, 6.07) is 15.9. The summed E-state index contributed by atoms with van der Waals surface area (Å²) in [5, 5.41) is 13.6. The van der Waals surface area contributed by atoms with Crippen LogP contribution in [0.4, 0.5) is 17.6 Å². The molecule has 5 rings (SSSR count). The molecule has 1 saturated heterocycles. The Kier molecular flexibility index (Phi) is 5.63. The first-order chi connectivity index (χ1) is 16.1. The molecular weight excluding hydrogens is 414 g/mol. The largest absolute Gasteiger partial charge is 0.378 e. The van der Waals surface area contributed by atoms with Crippen LogP contribution in [0.1, 0.15) is 28.2 Å². The van der Waals surface area contributed by atoms with Crippen molar-refractivity contribution in [2.75, 3.05) is 36.5 Å². The molecule has 2 aromatic carbocycles. The second-order valence-electron chi connectivity index (χ2n) is 8.22. The third kappa shape index (κ3) is 4.49. The normalized spacial score (nSPS) is 13.8. The van der Waals surface area contributed by atoms with Crippen LogP contribution in [0.15, 0.2) is 42.5 Å². The van der Waals surface area contributed by atoms with E-state index in [1.54, 1.807) is 0 Å². The molecule has 3 heterocycles. The number of aromatic amines is 1. The molecule has 166 valence electrons. The van der Waals surface area contributed by atoms with Gasteiger partial charge in [-0.3, -0.25) is 0 Å². The number of H-pyrrole nitrogens is 1. The molecule has 1 aliphatic heterocycles. The Morgan fingerprint density at radius 2 is 1.85 bits per heavy atom. The van der Waals surface area contributed by atoms with Crippen molar-refractivity contribution in [2.45, 2.75) is 20.3 Å². The number of nitrogens with one attached hydrogen (secondary N) is 2. The maximum atomic E-state index is 9.05. The van der Waals surface area contributed by atoms with Gasteiger partial charge in [0.15, 0.2) is 0 Å². The smallest absolute Gasteiger partial charge is 0.232 e. The van der Waals surface area contributed by atoms with Crippen molar-refractivity contribution in [1.82, 2.24) is 19.9 Å². The summed E-state index contributed by atoms with van der Waals surface area (Å²) in [6.07, 6.45) is 0.551. The van der Waals surface area contributed by atoms with Gasteiger partial charge in [0.05, 0.1) is 24.8 Å². The van der Waals surface area contributed by atoms with E-state index in [-0.39, 0.29) is 0 Å². The van der Waals surface area contributed by atoms with E-state index in [4.69, 9.17) is 25.0 Å². The second kappa shape index (κ2) is 8.88. The van der Waals surface area contributed by atoms with Crippen molar-refractivity contribution in [3.05, 3.63) is 70.7 Å². The summed E-state index contributed by atoms with van der Waals surface area (Å²) in [5.74, 6) is 1.84. The fraction of sp³-hybridized carbons (Fsp3) is 0.280. The second-order valence-corrected chi connectivity index (χ2v) is 8.22. The third-order valence-electron chi connectivity index (χ3n) is 5.97. The van der Waals surface area contributed by atoms with Crippen LogP contribution in [0.2, 0.25) is 0 Å². The van der Waals surface area contributed by atoms with Gasteiger partial charge in [0.2, 0.25) is 11.9 Å². The van der Waals surface area contributed by atoms with Gasteiger partial charge in [-0.15, -0.1) is 0 Å². The number of benzene rings is 2. The van der Waals surface area contributed by atoms with Gasteiger partial charge in [0, 0.05) is 41.8 Å². The Morgan fingerprint density at radius 1 is 1.06 bits per heavy atom. The number of nitriles is 1. The van der Waals surface area contributed by atoms with Crippen LogP contribution < -0.4 is 10.2 Å². The third-order valence-corrected chi connectivity index (χ3v) is 5.97. The lowest BCUT2D eigenvalue weighted by molar-refractivity contribution is 0.122. The SMILES string of the molecule is Cc1[nH]c2ccc(Nc3nc(Cc4ccc(C#N)cc4)nc(N4CCOCC4)n3)cc2c1C. The van der Waals surface area contributed by atoms with Gasteiger partial charge in [0.25, 0.3) is 0 Å². The summed E-state index contributed by atoms with van der Waals surface area (Å²) >= 11 is 0. The predicted molar refractivity (Wildman–Crippen MR) is 128 cm³/mol. The first-order valence-electron chi connectivity index (χ1n) is 11.0. The van der Waals surface area contributed by atoms with Crippen molar-refractivity contribution in [3.63, 3.8) is 0 Å². The number of morpholine rings is 1. The number of nitrogens with zero attached hydrogens (tertiary/aromatic N) is 5. The van der Waals surface area contributed by atoms with E-state index in [1.807, 2.05) is 30.3 Å². The molecule has 0 aliphatic carbocycles. The number of hydrogen-bond acceptors (Lipinski definition) is 7. The summed E-state index contributed by atoms with van der Waals surface area (Å²) < 4.78 is 5.49. The Hall–Kier alpha value is -3.96. The number of fused-ring (bicyclic) bond motifs is 1. The molecule has 0 bridgehead atoms. The Labute approximate surface area is 192 Å². The van der Waals surface area contributed by atoms with Crippen molar-refractivity contribution >= 4 is 28.5 Å². The fourth-order valence-corrected chi connectivity index (χ4v) is 3.99. The van der Waals surface area contributed by atoms with Crippen LogP contribution in [-0.2, 0) is 11.2 Å². The molecule has 2 aromatic heterocycles. The van der Waals surface area contributed by atoms with Gasteiger partial charge < -0.3 is 19.9 Å². The zero-order valence-corrected chi connectivity index (χ0v) is 18.7. The Morgan fingerprint density at radius 3 is 2.61 bits per heavy atom. The quantitative estimate of drug-likeness (QED) is 0.484. The average Bonchev–Trinajstić information content (AvgIpc) is 3.13. The molecule has 2 N–H and O–H groups in total. The summed E-state index contributed by atoms with van der Waals surface area (Å²) in [5.41, 5.74) is 6.12. The molecule has 0 spiro atoms. The number of ether oxygens (including phenoxy) is 1. The van der Waals surface area contributed by atoms with Crippen molar-refractivity contribution in [2.24, 2.45) is 0 Å². The molecule has 8 nitrogen and oxygen atoms in total. The monoisotopic (exact) mass is 439 g/mol. The summed E-state index contributed by atoms with van der Waals surface area (Å²) in [4.78, 5) is 19.7. The lowest BCUT2D eigenvalue weighted by Crippen LogP contribution is -2.37. The minimum atomic E-state index is 0.513. The number of aryl methyl sites for hydroxylation is 2. The predicted octanol–water partition coefficient (Wildman–Crippen LogP) is 4.01. The lowest BCUT2D eigenvalue weighted by atomic mass is 10.1. The minimum Gasteiger partial charge on any atom is -0.378 e. The minimum absolute atomic E-state index is 0.513. The molecule has 0 saturated carbocycles. The first-order valence-corrected chi connectivity index (χ1v) is 11.0. The number of anilines is 3. The zero-order chi connectivity index (χ0) is 22.8. The number of rotatable bonds is 5. The van der Waals surface area contributed by atoms with Crippen molar-refractivity contribution < 1.29 is 4.74 Å². The molecule has 0 amide bonds. The summed E-state index contributed by atoms with van der Waals surface area (Å²) in [7, 11) is 0. The van der Waals surface area contributed by atoms with Crippen LogP contribution >= 0.6 is 0 Å². The molecular formula is C25H25N7O. The maximum Gasteiger partial charge on any atom is 0.232 e. The molecule has 0 radical (unpaired) electrons. The zero-order valence-electron chi connectivity index (χ0n) is 18.7. The molecule has 1 fully saturated rings. The van der Waals surface area contributed by atoms with Gasteiger partial charge >= 0.3 is 0 Å². The molecule has 8 heteroatoms. The standard InChI is InChI=1S/C25H25N7O/c1-16-17(2)27-22-8-7-20(14-21(16)22)28-24-29-23(13-18-3-5-19(15-26)6-4-18)30-25(31-24)32-9-11-33-12-10-32/h3-8,14,27H,9-13H2,1-2H3,(H,28,29,30,31).